The van der Waals surface area contributed by atoms with Crippen molar-refractivity contribution in [3.8, 4) is 0 Å². The molecule has 10 nitrogen and oxygen atoms in total. The number of hydrogen-bond acceptors (Lipinski definition) is 7. The zero-order chi connectivity index (χ0) is 37.5. The summed E-state index contributed by atoms with van der Waals surface area (Å²) in [7, 11) is 2.73. The molecule has 0 radical (unpaired) electrons. The number of unbranched alkanes of at least 4 members (excludes halogenated alkanes) is 4. The Hall–Kier alpha value is -4.99. The number of nitrogens with zero attached hydrogens (tertiary/aromatic N) is 2. The van der Waals surface area contributed by atoms with Crippen LogP contribution in [0.3, 0.4) is 0 Å². The molecule has 0 saturated carbocycles. The molecule has 8 bridgehead atoms. The minimum absolute atomic E-state index is 0.118. The number of aryl methyl sites for hydroxylation is 3. The van der Waals surface area contributed by atoms with Crippen molar-refractivity contribution in [2.75, 3.05) is 20.8 Å². The largest absolute Gasteiger partial charge is 0.469 e. The second kappa shape index (κ2) is 17.0. The Morgan fingerprint density at radius 2 is 1.62 bits per heavy atom. The van der Waals surface area contributed by atoms with Crippen LogP contribution in [0.5, 0.6) is 0 Å². The lowest BCUT2D eigenvalue weighted by Crippen LogP contribution is -2.25. The van der Waals surface area contributed by atoms with Gasteiger partial charge in [0.1, 0.15) is 0 Å². The van der Waals surface area contributed by atoms with Crippen LogP contribution in [-0.2, 0) is 38.3 Å². The van der Waals surface area contributed by atoms with Gasteiger partial charge in [0.05, 0.1) is 48.8 Å². The minimum atomic E-state index is -0.460. The molecule has 0 aliphatic carbocycles. The highest BCUT2D eigenvalue weighted by molar-refractivity contribution is 6.06. The molecule has 5 rings (SSSR count). The molecule has 2 aliphatic rings. The molecular formula is C42H53N5O5. The molecule has 3 aromatic rings. The van der Waals surface area contributed by atoms with Crippen LogP contribution in [0.25, 0.3) is 33.2 Å². The summed E-state index contributed by atoms with van der Waals surface area (Å²) in [5, 5.41) is 3.16. The van der Waals surface area contributed by atoms with E-state index in [4.69, 9.17) is 19.4 Å². The number of rotatable bonds is 14. The van der Waals surface area contributed by atoms with Gasteiger partial charge in [-0.2, -0.15) is 0 Å². The van der Waals surface area contributed by atoms with Gasteiger partial charge >= 0.3 is 11.9 Å². The van der Waals surface area contributed by atoms with Crippen LogP contribution in [0.15, 0.2) is 30.9 Å². The second-order valence-electron chi connectivity index (χ2n) is 13.8. The number of amides is 1. The average molecular weight is 708 g/mol. The van der Waals surface area contributed by atoms with Crippen molar-refractivity contribution < 1.29 is 23.9 Å². The lowest BCUT2D eigenvalue weighted by atomic mass is 9.91. The number of aromatic amines is 2. The molecule has 0 unspecified atom stereocenters. The van der Waals surface area contributed by atoms with Gasteiger partial charge in [-0.25, -0.2) is 4.98 Å². The van der Waals surface area contributed by atoms with E-state index in [0.29, 0.717) is 41.7 Å². The Labute approximate surface area is 306 Å². The minimum Gasteiger partial charge on any atom is -0.469 e. The summed E-state index contributed by atoms with van der Waals surface area (Å²) < 4.78 is 10.2. The summed E-state index contributed by atoms with van der Waals surface area (Å²) in [6.45, 7) is 15.0. The molecule has 1 atom stereocenters. The third kappa shape index (κ3) is 8.06. The van der Waals surface area contributed by atoms with Crippen molar-refractivity contribution in [2.45, 2.75) is 105 Å². The van der Waals surface area contributed by atoms with Crippen LogP contribution >= 0.6 is 0 Å². The number of aromatic nitrogens is 4. The van der Waals surface area contributed by atoms with E-state index >= 15 is 0 Å². The van der Waals surface area contributed by atoms with E-state index in [1.54, 1.807) is 0 Å². The molecule has 0 aromatic carbocycles. The zero-order valence-corrected chi connectivity index (χ0v) is 31.8. The van der Waals surface area contributed by atoms with Crippen LogP contribution < -0.4 is 5.32 Å². The Balaban J connectivity index is 1.88. The van der Waals surface area contributed by atoms with Crippen molar-refractivity contribution in [1.82, 2.24) is 25.3 Å². The molecule has 5 heterocycles. The van der Waals surface area contributed by atoms with Gasteiger partial charge < -0.3 is 24.8 Å². The molecule has 276 valence electrons. The van der Waals surface area contributed by atoms with Crippen molar-refractivity contribution in [3.05, 3.63) is 81.4 Å². The van der Waals surface area contributed by atoms with E-state index < -0.39 is 5.97 Å². The van der Waals surface area contributed by atoms with E-state index in [-0.39, 0.29) is 30.6 Å². The van der Waals surface area contributed by atoms with Gasteiger partial charge in [-0.1, -0.05) is 52.2 Å². The first-order valence-corrected chi connectivity index (χ1v) is 18.6. The highest BCUT2D eigenvalue weighted by Gasteiger charge is 2.29. The van der Waals surface area contributed by atoms with Gasteiger partial charge in [-0.3, -0.25) is 19.4 Å². The number of hydrogen-bond donors (Lipinski definition) is 3. The lowest BCUT2D eigenvalue weighted by molar-refractivity contribution is -0.141. The maximum absolute atomic E-state index is 14.2. The molecule has 3 aromatic heterocycles. The highest BCUT2D eigenvalue weighted by Crippen LogP contribution is 2.37. The van der Waals surface area contributed by atoms with Crippen LogP contribution in [0.4, 0.5) is 0 Å². The smallest absolute Gasteiger partial charge is 0.310 e. The van der Waals surface area contributed by atoms with E-state index in [0.717, 1.165) is 93.6 Å². The molecule has 1 amide bonds. The SMILES string of the molecule is C=CC1=C(C)c2cc3nc(c(CC(=O)OC)c4[nH]c(cc5[nH]c(cc1n2)c(C)c5CC)c(C)c4C(=O)NCCCCCCC)[C@@H](CCC(=O)OC)C3. The third-order valence-corrected chi connectivity index (χ3v) is 10.5. The number of allylic oxidation sites excluding steroid dienone is 3. The van der Waals surface area contributed by atoms with E-state index in [1.807, 2.05) is 32.1 Å². The monoisotopic (exact) mass is 707 g/mol. The Kier molecular flexibility index (Phi) is 12.5. The third-order valence-electron chi connectivity index (χ3n) is 10.5. The topological polar surface area (TPSA) is 139 Å². The molecule has 2 aliphatic heterocycles. The standard InChI is InChI=1S/C42H53N5O5/c1-9-12-13-14-15-18-43-42(50)39-26(6)34-23-36-30(11-3)25(5)33(46-36)22-35-29(10-2)24(4)32(45-35)20-28-19-27(16-17-37(48)51-7)40(44-28)31(41(39)47-34)21-38(49)52-8/h10,20,22-23,27,46-47H,2,9,11-19,21H2,1,3-8H3,(H,43,50)/t27-/m0/s1. The molecule has 0 spiro atoms. The fraction of sp³-hybridized carbons (Fsp3) is 0.452. The number of methoxy groups -OCH3 is 2. The molecule has 10 heteroatoms. The van der Waals surface area contributed by atoms with E-state index in [1.165, 1.54) is 20.6 Å². The first-order chi connectivity index (χ1) is 25.0. The Morgan fingerprint density at radius 1 is 0.885 bits per heavy atom. The Bertz CT molecular complexity index is 2070. The predicted molar refractivity (Wildman–Crippen MR) is 207 cm³/mol. The van der Waals surface area contributed by atoms with Crippen molar-refractivity contribution >= 4 is 51.1 Å². The van der Waals surface area contributed by atoms with Crippen LogP contribution in [-0.4, -0.2) is 58.5 Å². The van der Waals surface area contributed by atoms with Crippen LogP contribution in [0.1, 0.15) is 127 Å². The fourth-order valence-corrected chi connectivity index (χ4v) is 7.44. The lowest BCUT2D eigenvalue weighted by Gasteiger charge is -2.13. The van der Waals surface area contributed by atoms with Gasteiger partial charge in [0, 0.05) is 52.3 Å². The molecule has 0 saturated heterocycles. The number of nitrogens with one attached hydrogen (secondary N) is 3. The molecule has 3 N–H and O–H groups in total. The summed E-state index contributed by atoms with van der Waals surface area (Å²) in [4.78, 5) is 57.2. The number of esters is 2. The number of ether oxygens (including phenoxy) is 2. The molecule has 52 heavy (non-hydrogen) atoms. The van der Waals surface area contributed by atoms with Crippen molar-refractivity contribution in [3.63, 3.8) is 0 Å². The predicted octanol–water partition coefficient (Wildman–Crippen LogP) is 8.31. The molecular weight excluding hydrogens is 654 g/mol. The molecule has 0 fully saturated rings. The highest BCUT2D eigenvalue weighted by atomic mass is 16.5. The Morgan fingerprint density at radius 3 is 2.31 bits per heavy atom. The normalized spacial score (nSPS) is 14.0. The first kappa shape index (κ1) is 38.2. The number of carbonyl (C=O) groups is 3. The van der Waals surface area contributed by atoms with Gasteiger partial charge in [-0.15, -0.1) is 0 Å². The summed E-state index contributed by atoms with van der Waals surface area (Å²) in [6.07, 6.45) is 9.01. The van der Waals surface area contributed by atoms with Crippen molar-refractivity contribution in [2.24, 2.45) is 0 Å². The van der Waals surface area contributed by atoms with Gasteiger partial charge in [0.2, 0.25) is 0 Å². The first-order valence-electron chi connectivity index (χ1n) is 18.6. The summed E-state index contributed by atoms with van der Waals surface area (Å²) in [5.74, 6) is -1.23. The van der Waals surface area contributed by atoms with Crippen LogP contribution in [0, 0.1) is 13.8 Å². The number of fused-ring (bicyclic) bond motifs is 8. The van der Waals surface area contributed by atoms with Crippen LogP contribution in [0.2, 0.25) is 0 Å². The summed E-state index contributed by atoms with van der Waals surface area (Å²) in [6, 6.07) is 6.10. The van der Waals surface area contributed by atoms with E-state index in [2.05, 4.69) is 48.7 Å². The van der Waals surface area contributed by atoms with Gasteiger partial charge in [-0.05, 0) is 86.9 Å². The number of carbonyl (C=O) groups excluding carboxylic acids is 3. The van der Waals surface area contributed by atoms with Gasteiger partial charge in [0.25, 0.3) is 5.91 Å². The second-order valence-corrected chi connectivity index (χ2v) is 13.8. The quantitative estimate of drug-likeness (QED) is 0.113. The summed E-state index contributed by atoms with van der Waals surface area (Å²) >= 11 is 0. The zero-order valence-electron chi connectivity index (χ0n) is 31.8. The maximum atomic E-state index is 14.2. The van der Waals surface area contributed by atoms with Gasteiger partial charge in [0.15, 0.2) is 0 Å². The fourth-order valence-electron chi connectivity index (χ4n) is 7.44. The number of H-pyrrole nitrogens is 2. The van der Waals surface area contributed by atoms with E-state index in [9.17, 15) is 14.4 Å². The maximum Gasteiger partial charge on any atom is 0.310 e. The summed E-state index contributed by atoms with van der Waals surface area (Å²) in [5.41, 5.74) is 12.1. The average Bonchev–Trinajstić information content (AvgIpc) is 3.85. The van der Waals surface area contributed by atoms with Crippen molar-refractivity contribution in [1.29, 1.82) is 0 Å².